The van der Waals surface area contributed by atoms with Gasteiger partial charge in [-0.15, -0.1) is 0 Å². The molecule has 15 heavy (non-hydrogen) atoms. The predicted octanol–water partition coefficient (Wildman–Crippen LogP) is 4.11. The van der Waals surface area contributed by atoms with Crippen LogP contribution in [0.5, 0.6) is 0 Å². The Morgan fingerprint density at radius 1 is 1.20 bits per heavy atom. The Kier molecular flexibility index (Phi) is 2.97. The maximum atomic E-state index is 5.80. The van der Waals surface area contributed by atoms with E-state index in [2.05, 4.69) is 5.32 Å². The van der Waals surface area contributed by atoms with Gasteiger partial charge >= 0.3 is 0 Å². The molecule has 2 nitrogen and oxygen atoms in total. The highest BCUT2D eigenvalue weighted by molar-refractivity contribution is 6.30. The molecule has 0 fully saturated rings. The third-order valence-corrected chi connectivity index (χ3v) is 2.45. The molecular weight excluding hydrogens is 210 g/mol. The van der Waals surface area contributed by atoms with E-state index in [-0.39, 0.29) is 6.04 Å². The summed E-state index contributed by atoms with van der Waals surface area (Å²) in [5, 5.41) is 4.06. The monoisotopic (exact) mass is 221 g/mol. The zero-order chi connectivity index (χ0) is 10.7. The van der Waals surface area contributed by atoms with Crippen molar-refractivity contribution >= 4 is 17.3 Å². The van der Waals surface area contributed by atoms with E-state index in [4.69, 9.17) is 16.0 Å². The lowest BCUT2D eigenvalue weighted by atomic mass is 10.2. The molecule has 0 saturated carbocycles. The Bertz CT molecular complexity index is 408. The van der Waals surface area contributed by atoms with E-state index in [1.807, 2.05) is 43.3 Å². The van der Waals surface area contributed by atoms with Gasteiger partial charge in [-0.1, -0.05) is 11.6 Å². The first kappa shape index (κ1) is 10.1. The summed E-state index contributed by atoms with van der Waals surface area (Å²) >= 11 is 5.80. The standard InChI is InChI=1S/C12H12ClNO/c1-9(12-3-2-8-15-12)14-11-6-4-10(13)5-7-11/h2-9,14H,1H3/t9-/m1/s1. The van der Waals surface area contributed by atoms with Crippen molar-refractivity contribution in [3.05, 3.63) is 53.4 Å². The molecule has 0 amide bonds. The average Bonchev–Trinajstić information content (AvgIpc) is 2.74. The van der Waals surface area contributed by atoms with Crippen molar-refractivity contribution in [1.29, 1.82) is 0 Å². The normalized spacial score (nSPS) is 12.4. The molecule has 1 aromatic carbocycles. The van der Waals surface area contributed by atoms with Crippen LogP contribution in [-0.4, -0.2) is 0 Å². The lowest BCUT2D eigenvalue weighted by Crippen LogP contribution is -2.04. The number of halogens is 1. The molecule has 1 N–H and O–H groups in total. The molecule has 1 heterocycles. The van der Waals surface area contributed by atoms with E-state index >= 15 is 0 Å². The summed E-state index contributed by atoms with van der Waals surface area (Å²) in [7, 11) is 0. The molecule has 2 rings (SSSR count). The van der Waals surface area contributed by atoms with Gasteiger partial charge in [-0.05, 0) is 43.3 Å². The topological polar surface area (TPSA) is 25.2 Å². The van der Waals surface area contributed by atoms with Crippen LogP contribution in [0.4, 0.5) is 5.69 Å². The average molecular weight is 222 g/mol. The minimum absolute atomic E-state index is 0.154. The van der Waals surface area contributed by atoms with Crippen molar-refractivity contribution < 1.29 is 4.42 Å². The van der Waals surface area contributed by atoms with E-state index in [1.165, 1.54) is 0 Å². The smallest absolute Gasteiger partial charge is 0.125 e. The highest BCUT2D eigenvalue weighted by Crippen LogP contribution is 2.20. The summed E-state index contributed by atoms with van der Waals surface area (Å²) in [6.45, 7) is 2.05. The lowest BCUT2D eigenvalue weighted by molar-refractivity contribution is 0.490. The van der Waals surface area contributed by atoms with Gasteiger partial charge in [0.2, 0.25) is 0 Å². The molecule has 0 spiro atoms. The highest BCUT2D eigenvalue weighted by Gasteiger charge is 2.06. The van der Waals surface area contributed by atoms with Crippen molar-refractivity contribution in [3.63, 3.8) is 0 Å². The van der Waals surface area contributed by atoms with Gasteiger partial charge in [0, 0.05) is 10.7 Å². The SMILES string of the molecule is C[C@@H](Nc1ccc(Cl)cc1)c1ccco1. The number of anilines is 1. The molecule has 0 aliphatic heterocycles. The summed E-state index contributed by atoms with van der Waals surface area (Å²) in [5.74, 6) is 0.921. The number of furan rings is 1. The first-order valence-corrected chi connectivity index (χ1v) is 5.19. The fourth-order valence-corrected chi connectivity index (χ4v) is 1.53. The molecule has 1 aromatic heterocycles. The predicted molar refractivity (Wildman–Crippen MR) is 62.2 cm³/mol. The first-order chi connectivity index (χ1) is 7.25. The number of hydrogen-bond acceptors (Lipinski definition) is 2. The van der Waals surface area contributed by atoms with Crippen LogP contribution in [0.2, 0.25) is 5.02 Å². The van der Waals surface area contributed by atoms with Gasteiger partial charge in [0.05, 0.1) is 12.3 Å². The Hall–Kier alpha value is -1.41. The quantitative estimate of drug-likeness (QED) is 0.844. The Morgan fingerprint density at radius 2 is 1.93 bits per heavy atom. The second-order valence-electron chi connectivity index (χ2n) is 3.39. The molecule has 0 aliphatic carbocycles. The van der Waals surface area contributed by atoms with Crippen molar-refractivity contribution in [1.82, 2.24) is 0 Å². The Balaban J connectivity index is 2.06. The molecule has 1 atom stereocenters. The maximum Gasteiger partial charge on any atom is 0.125 e. The van der Waals surface area contributed by atoms with Gasteiger partial charge < -0.3 is 9.73 Å². The van der Waals surface area contributed by atoms with Gasteiger partial charge in [0.15, 0.2) is 0 Å². The summed E-state index contributed by atoms with van der Waals surface area (Å²) in [6.07, 6.45) is 1.68. The third-order valence-electron chi connectivity index (χ3n) is 2.20. The van der Waals surface area contributed by atoms with Crippen molar-refractivity contribution in [2.75, 3.05) is 5.32 Å². The zero-order valence-corrected chi connectivity index (χ0v) is 9.16. The van der Waals surface area contributed by atoms with E-state index < -0.39 is 0 Å². The van der Waals surface area contributed by atoms with Crippen LogP contribution in [0.1, 0.15) is 18.7 Å². The molecule has 0 saturated heterocycles. The number of rotatable bonds is 3. The lowest BCUT2D eigenvalue weighted by Gasteiger charge is -2.12. The molecule has 0 bridgehead atoms. The zero-order valence-electron chi connectivity index (χ0n) is 8.41. The third kappa shape index (κ3) is 2.54. The maximum absolute atomic E-state index is 5.80. The van der Waals surface area contributed by atoms with E-state index in [9.17, 15) is 0 Å². The van der Waals surface area contributed by atoms with Crippen molar-refractivity contribution in [2.45, 2.75) is 13.0 Å². The number of hydrogen-bond donors (Lipinski definition) is 1. The summed E-state index contributed by atoms with van der Waals surface area (Å²) in [4.78, 5) is 0. The van der Waals surface area contributed by atoms with Crippen LogP contribution in [0.15, 0.2) is 47.1 Å². The minimum Gasteiger partial charge on any atom is -0.467 e. The van der Waals surface area contributed by atoms with E-state index in [0.717, 1.165) is 16.5 Å². The van der Waals surface area contributed by atoms with Crippen molar-refractivity contribution in [2.24, 2.45) is 0 Å². The van der Waals surface area contributed by atoms with Crippen LogP contribution in [-0.2, 0) is 0 Å². The van der Waals surface area contributed by atoms with Crippen LogP contribution in [0.25, 0.3) is 0 Å². The molecule has 0 aliphatic rings. The Labute approximate surface area is 93.9 Å². The number of nitrogens with one attached hydrogen (secondary N) is 1. The molecular formula is C12H12ClNO. The fraction of sp³-hybridized carbons (Fsp3) is 0.167. The molecule has 2 aromatic rings. The van der Waals surface area contributed by atoms with Gasteiger partial charge in [0.25, 0.3) is 0 Å². The summed E-state index contributed by atoms with van der Waals surface area (Å²) in [6, 6.07) is 11.6. The van der Waals surface area contributed by atoms with Crippen LogP contribution < -0.4 is 5.32 Å². The second-order valence-corrected chi connectivity index (χ2v) is 3.82. The van der Waals surface area contributed by atoms with E-state index in [0.29, 0.717) is 0 Å². The molecule has 0 unspecified atom stereocenters. The van der Waals surface area contributed by atoms with Gasteiger partial charge in [-0.3, -0.25) is 0 Å². The highest BCUT2D eigenvalue weighted by atomic mass is 35.5. The van der Waals surface area contributed by atoms with Gasteiger partial charge in [-0.25, -0.2) is 0 Å². The molecule has 0 radical (unpaired) electrons. The second kappa shape index (κ2) is 4.41. The Morgan fingerprint density at radius 3 is 2.53 bits per heavy atom. The van der Waals surface area contributed by atoms with Gasteiger partial charge in [0.1, 0.15) is 5.76 Å². The van der Waals surface area contributed by atoms with E-state index in [1.54, 1.807) is 6.26 Å². The number of benzene rings is 1. The van der Waals surface area contributed by atoms with Crippen LogP contribution in [0.3, 0.4) is 0 Å². The minimum atomic E-state index is 0.154. The van der Waals surface area contributed by atoms with Crippen LogP contribution >= 0.6 is 11.6 Å². The largest absolute Gasteiger partial charge is 0.467 e. The summed E-state index contributed by atoms with van der Waals surface area (Å²) < 4.78 is 5.30. The van der Waals surface area contributed by atoms with Crippen LogP contribution in [0, 0.1) is 0 Å². The first-order valence-electron chi connectivity index (χ1n) is 4.81. The fourth-order valence-electron chi connectivity index (χ4n) is 1.40. The summed E-state index contributed by atoms with van der Waals surface area (Å²) in [5.41, 5.74) is 1.03. The van der Waals surface area contributed by atoms with Gasteiger partial charge in [-0.2, -0.15) is 0 Å². The molecule has 78 valence electrons. The van der Waals surface area contributed by atoms with Crippen molar-refractivity contribution in [3.8, 4) is 0 Å². The molecule has 3 heteroatoms.